The molecule has 1 N–H and O–H groups in total. The number of ether oxygens (including phenoxy) is 1. The first-order valence-corrected chi connectivity index (χ1v) is 6.58. The molecule has 18 heavy (non-hydrogen) atoms. The number of rotatable bonds is 4. The minimum absolute atomic E-state index is 0.424. The fourth-order valence-corrected chi connectivity index (χ4v) is 2.96. The molecule has 3 nitrogen and oxygen atoms in total. The van der Waals surface area contributed by atoms with Crippen LogP contribution in [0.4, 0.5) is 5.69 Å². The van der Waals surface area contributed by atoms with Crippen LogP contribution in [-0.2, 0) is 0 Å². The second-order valence-corrected chi connectivity index (χ2v) is 4.91. The molecule has 0 amide bonds. The number of benzene rings is 1. The van der Waals surface area contributed by atoms with Crippen molar-refractivity contribution in [2.75, 3.05) is 12.4 Å². The lowest BCUT2D eigenvalue weighted by molar-refractivity contribution is 0.400. The van der Waals surface area contributed by atoms with Gasteiger partial charge >= 0.3 is 0 Å². The second kappa shape index (κ2) is 5.30. The van der Waals surface area contributed by atoms with Crippen molar-refractivity contribution in [3.63, 3.8) is 0 Å². The van der Waals surface area contributed by atoms with Crippen molar-refractivity contribution in [2.24, 2.45) is 5.92 Å². The SMILES string of the molecule is CCC1CCCC1(C#N)Nc1ccccc1OC. The molecule has 0 aromatic heterocycles. The molecule has 96 valence electrons. The number of nitrogens with zero attached hydrogens (tertiary/aromatic N) is 1. The van der Waals surface area contributed by atoms with Crippen LogP contribution >= 0.6 is 0 Å². The van der Waals surface area contributed by atoms with Gasteiger partial charge in [0.05, 0.1) is 18.9 Å². The smallest absolute Gasteiger partial charge is 0.141 e. The molecular formula is C15H20N2O. The quantitative estimate of drug-likeness (QED) is 0.880. The molecular weight excluding hydrogens is 224 g/mol. The highest BCUT2D eigenvalue weighted by Gasteiger charge is 2.42. The van der Waals surface area contributed by atoms with Crippen molar-refractivity contribution >= 4 is 5.69 Å². The van der Waals surface area contributed by atoms with Gasteiger partial charge in [-0.05, 0) is 37.3 Å². The van der Waals surface area contributed by atoms with Crippen LogP contribution in [0.5, 0.6) is 5.75 Å². The average Bonchev–Trinajstić information content (AvgIpc) is 2.82. The molecule has 1 aromatic rings. The monoisotopic (exact) mass is 244 g/mol. The Morgan fingerprint density at radius 1 is 1.50 bits per heavy atom. The van der Waals surface area contributed by atoms with E-state index in [2.05, 4.69) is 18.3 Å². The first-order valence-electron chi connectivity index (χ1n) is 6.58. The number of nitriles is 1. The van der Waals surface area contributed by atoms with Gasteiger partial charge in [-0.1, -0.05) is 25.5 Å². The third-order valence-electron chi connectivity index (χ3n) is 3.98. The van der Waals surface area contributed by atoms with Gasteiger partial charge in [-0.25, -0.2) is 0 Å². The van der Waals surface area contributed by atoms with Crippen molar-refractivity contribution < 1.29 is 4.74 Å². The summed E-state index contributed by atoms with van der Waals surface area (Å²) in [7, 11) is 1.66. The molecule has 1 aliphatic carbocycles. The van der Waals surface area contributed by atoms with Crippen LogP contribution in [-0.4, -0.2) is 12.6 Å². The summed E-state index contributed by atoms with van der Waals surface area (Å²) < 4.78 is 5.34. The highest BCUT2D eigenvalue weighted by molar-refractivity contribution is 5.59. The Bertz CT molecular complexity index is 452. The standard InChI is InChI=1S/C15H20N2O/c1-3-12-7-6-10-15(12,11-16)17-13-8-4-5-9-14(13)18-2/h4-5,8-9,12,17H,3,6-7,10H2,1-2H3. The zero-order valence-electron chi connectivity index (χ0n) is 11.1. The zero-order valence-corrected chi connectivity index (χ0v) is 11.1. The molecule has 0 heterocycles. The molecule has 2 unspecified atom stereocenters. The second-order valence-electron chi connectivity index (χ2n) is 4.91. The molecule has 1 saturated carbocycles. The Labute approximate surface area is 109 Å². The van der Waals surface area contributed by atoms with E-state index in [0.717, 1.165) is 37.1 Å². The molecule has 0 spiro atoms. The lowest BCUT2D eigenvalue weighted by atomic mass is 9.86. The number of para-hydroxylation sites is 2. The third-order valence-corrected chi connectivity index (χ3v) is 3.98. The molecule has 3 heteroatoms. The summed E-state index contributed by atoms with van der Waals surface area (Å²) in [5, 5.41) is 13.0. The van der Waals surface area contributed by atoms with E-state index in [9.17, 15) is 5.26 Å². The van der Waals surface area contributed by atoms with Gasteiger partial charge in [0.25, 0.3) is 0 Å². The van der Waals surface area contributed by atoms with Gasteiger partial charge < -0.3 is 10.1 Å². The fourth-order valence-electron chi connectivity index (χ4n) is 2.96. The Morgan fingerprint density at radius 2 is 2.28 bits per heavy atom. The molecule has 2 atom stereocenters. The summed E-state index contributed by atoms with van der Waals surface area (Å²) in [5.74, 6) is 1.22. The normalized spacial score (nSPS) is 26.6. The number of hydrogen-bond donors (Lipinski definition) is 1. The van der Waals surface area contributed by atoms with E-state index in [4.69, 9.17) is 4.74 Å². The topological polar surface area (TPSA) is 45.0 Å². The van der Waals surface area contributed by atoms with Crippen LogP contribution in [0.1, 0.15) is 32.6 Å². The van der Waals surface area contributed by atoms with Gasteiger partial charge in [-0.15, -0.1) is 0 Å². The number of anilines is 1. The third kappa shape index (κ3) is 2.15. The van der Waals surface area contributed by atoms with E-state index in [1.165, 1.54) is 0 Å². The number of nitrogens with one attached hydrogen (secondary N) is 1. The number of hydrogen-bond acceptors (Lipinski definition) is 3. The van der Waals surface area contributed by atoms with Gasteiger partial charge in [0.15, 0.2) is 0 Å². The van der Waals surface area contributed by atoms with Crippen molar-refractivity contribution in [2.45, 2.75) is 38.1 Å². The first kappa shape index (κ1) is 12.8. The Morgan fingerprint density at radius 3 is 2.94 bits per heavy atom. The Hall–Kier alpha value is -1.69. The maximum Gasteiger partial charge on any atom is 0.141 e. The van der Waals surface area contributed by atoms with E-state index in [-0.39, 0.29) is 0 Å². The van der Waals surface area contributed by atoms with E-state index >= 15 is 0 Å². The van der Waals surface area contributed by atoms with Crippen LogP contribution in [0, 0.1) is 17.2 Å². The van der Waals surface area contributed by atoms with Crippen LogP contribution < -0.4 is 10.1 Å². The van der Waals surface area contributed by atoms with Crippen LogP contribution in [0.25, 0.3) is 0 Å². The summed E-state index contributed by atoms with van der Waals surface area (Å²) in [6.07, 6.45) is 4.20. The molecule has 0 bridgehead atoms. The predicted molar refractivity (Wildman–Crippen MR) is 72.6 cm³/mol. The molecule has 0 saturated heterocycles. The zero-order chi connectivity index (χ0) is 13.0. The van der Waals surface area contributed by atoms with Crippen molar-refractivity contribution in [3.05, 3.63) is 24.3 Å². The van der Waals surface area contributed by atoms with Crippen molar-refractivity contribution in [1.29, 1.82) is 5.26 Å². The maximum absolute atomic E-state index is 9.59. The Kier molecular flexibility index (Phi) is 3.76. The summed E-state index contributed by atoms with van der Waals surface area (Å²) >= 11 is 0. The van der Waals surface area contributed by atoms with Crippen LogP contribution in [0.2, 0.25) is 0 Å². The van der Waals surface area contributed by atoms with E-state index in [1.54, 1.807) is 7.11 Å². The molecule has 0 aliphatic heterocycles. The molecule has 1 fully saturated rings. The summed E-state index contributed by atoms with van der Waals surface area (Å²) in [6, 6.07) is 10.3. The lowest BCUT2D eigenvalue weighted by Crippen LogP contribution is -2.40. The minimum atomic E-state index is -0.427. The minimum Gasteiger partial charge on any atom is -0.495 e. The average molecular weight is 244 g/mol. The largest absolute Gasteiger partial charge is 0.495 e. The van der Waals surface area contributed by atoms with Gasteiger partial charge in [0.1, 0.15) is 11.3 Å². The van der Waals surface area contributed by atoms with Crippen LogP contribution in [0.15, 0.2) is 24.3 Å². The predicted octanol–water partition coefficient (Wildman–Crippen LogP) is 3.58. The molecule has 1 aliphatic rings. The van der Waals surface area contributed by atoms with E-state index in [1.807, 2.05) is 24.3 Å². The highest BCUT2D eigenvalue weighted by atomic mass is 16.5. The highest BCUT2D eigenvalue weighted by Crippen LogP contribution is 2.41. The van der Waals surface area contributed by atoms with Crippen molar-refractivity contribution in [1.82, 2.24) is 0 Å². The maximum atomic E-state index is 9.59. The summed E-state index contributed by atoms with van der Waals surface area (Å²) in [4.78, 5) is 0. The molecule has 2 rings (SSSR count). The van der Waals surface area contributed by atoms with Gasteiger partial charge in [0, 0.05) is 0 Å². The fraction of sp³-hybridized carbons (Fsp3) is 0.533. The Balaban J connectivity index is 2.28. The molecule has 1 aromatic carbocycles. The summed E-state index contributed by atoms with van der Waals surface area (Å²) in [5.41, 5.74) is 0.491. The van der Waals surface area contributed by atoms with Gasteiger partial charge in [-0.3, -0.25) is 0 Å². The van der Waals surface area contributed by atoms with E-state index in [0.29, 0.717) is 5.92 Å². The lowest BCUT2D eigenvalue weighted by Gasteiger charge is -2.30. The van der Waals surface area contributed by atoms with Crippen molar-refractivity contribution in [3.8, 4) is 11.8 Å². The first-order chi connectivity index (χ1) is 8.75. The molecule has 0 radical (unpaired) electrons. The number of methoxy groups -OCH3 is 1. The summed E-state index contributed by atoms with van der Waals surface area (Å²) in [6.45, 7) is 2.16. The van der Waals surface area contributed by atoms with Gasteiger partial charge in [0.2, 0.25) is 0 Å². The van der Waals surface area contributed by atoms with E-state index < -0.39 is 5.54 Å². The van der Waals surface area contributed by atoms with Gasteiger partial charge in [-0.2, -0.15) is 5.26 Å². The van der Waals surface area contributed by atoms with Crippen LogP contribution in [0.3, 0.4) is 0 Å².